The van der Waals surface area contributed by atoms with Gasteiger partial charge in [-0.25, -0.2) is 0 Å². The van der Waals surface area contributed by atoms with Crippen LogP contribution in [0.5, 0.6) is 0 Å². The number of carbonyl (C=O) groups is 2. The lowest BCUT2D eigenvalue weighted by atomic mass is 10.00. The normalized spacial score (nSPS) is 15.5. The van der Waals surface area contributed by atoms with E-state index in [1.165, 1.54) is 5.56 Å². The molecule has 1 atom stereocenters. The van der Waals surface area contributed by atoms with Gasteiger partial charge >= 0.3 is 5.97 Å². The first-order valence-electron chi connectivity index (χ1n) is 6.43. The molecule has 0 spiro atoms. The largest absolute Gasteiger partial charge is 0.480 e. The third-order valence-corrected chi connectivity index (χ3v) is 3.41. The fourth-order valence-electron chi connectivity index (χ4n) is 2.42. The van der Waals surface area contributed by atoms with Crippen LogP contribution in [0.4, 0.5) is 5.69 Å². The van der Waals surface area contributed by atoms with Crippen LogP contribution >= 0.6 is 0 Å². The Bertz CT molecular complexity index is 487. The number of nitrogens with zero attached hydrogens (tertiary/aromatic N) is 1. The zero-order valence-electron chi connectivity index (χ0n) is 10.9. The van der Waals surface area contributed by atoms with Gasteiger partial charge in [0.05, 0.1) is 0 Å². The smallest absolute Gasteiger partial charge is 0.322 e. The number of carbonyl (C=O) groups excluding carboxylic acids is 1. The van der Waals surface area contributed by atoms with Gasteiger partial charge in [0, 0.05) is 12.2 Å². The first-order chi connectivity index (χ1) is 9.09. The molecule has 1 aliphatic rings. The Hall–Kier alpha value is -2.04. The molecule has 0 bridgehead atoms. The van der Waals surface area contributed by atoms with Crippen LogP contribution < -0.4 is 10.2 Å². The van der Waals surface area contributed by atoms with E-state index in [1.807, 2.05) is 23.1 Å². The molecular formula is C14H18N2O3. The summed E-state index contributed by atoms with van der Waals surface area (Å²) in [6, 6.07) is 7.68. The highest BCUT2D eigenvalue weighted by Crippen LogP contribution is 2.28. The van der Waals surface area contributed by atoms with Crippen LogP contribution in [0.15, 0.2) is 24.3 Å². The minimum atomic E-state index is -1.03. The van der Waals surface area contributed by atoms with Crippen molar-refractivity contribution in [1.29, 1.82) is 0 Å². The Morgan fingerprint density at radius 3 is 2.89 bits per heavy atom. The van der Waals surface area contributed by atoms with Gasteiger partial charge in [-0.15, -0.1) is 0 Å². The van der Waals surface area contributed by atoms with Gasteiger partial charge in [0.15, 0.2) is 0 Å². The van der Waals surface area contributed by atoms with Crippen LogP contribution in [-0.2, 0) is 16.0 Å². The number of hydrogen-bond donors (Lipinski definition) is 2. The van der Waals surface area contributed by atoms with Gasteiger partial charge in [0.25, 0.3) is 0 Å². The Morgan fingerprint density at radius 1 is 1.42 bits per heavy atom. The van der Waals surface area contributed by atoms with Gasteiger partial charge < -0.3 is 15.3 Å². The fourth-order valence-corrected chi connectivity index (χ4v) is 2.42. The van der Waals surface area contributed by atoms with Crippen LogP contribution in [0.1, 0.15) is 18.9 Å². The lowest BCUT2D eigenvalue weighted by Gasteiger charge is -2.35. The first kappa shape index (κ1) is 13.4. The van der Waals surface area contributed by atoms with Crippen molar-refractivity contribution >= 4 is 17.6 Å². The highest BCUT2D eigenvalue weighted by molar-refractivity contribution is 5.87. The minimum absolute atomic E-state index is 0.251. The molecule has 0 fully saturated rings. The molecule has 0 saturated carbocycles. The third kappa shape index (κ3) is 3.05. The molecule has 0 aliphatic carbocycles. The first-order valence-corrected chi connectivity index (χ1v) is 6.43. The van der Waals surface area contributed by atoms with Crippen molar-refractivity contribution in [3.63, 3.8) is 0 Å². The van der Waals surface area contributed by atoms with Crippen molar-refractivity contribution in [3.8, 4) is 0 Å². The molecule has 0 radical (unpaired) electrons. The molecule has 0 saturated heterocycles. The summed E-state index contributed by atoms with van der Waals surface area (Å²) in [6.45, 7) is 2.29. The molecule has 2 N–H and O–H groups in total. The van der Waals surface area contributed by atoms with E-state index in [1.54, 1.807) is 6.92 Å². The standard InChI is InChI=1S/C14H18N2O3/c1-10(14(19)15-9-13(17)18)16-8-4-6-11-5-2-3-7-12(11)16/h2-3,5,7,10H,4,6,8-9H2,1H3,(H,15,19)(H,17,18). The highest BCUT2D eigenvalue weighted by atomic mass is 16.4. The van der Waals surface area contributed by atoms with Gasteiger partial charge in [0.2, 0.25) is 5.91 Å². The summed E-state index contributed by atoms with van der Waals surface area (Å²) in [6.07, 6.45) is 2.03. The van der Waals surface area contributed by atoms with E-state index >= 15 is 0 Å². The van der Waals surface area contributed by atoms with Crippen LogP contribution in [0.3, 0.4) is 0 Å². The number of fused-ring (bicyclic) bond motifs is 1. The Balaban J connectivity index is 2.10. The topological polar surface area (TPSA) is 69.6 Å². The summed E-state index contributed by atoms with van der Waals surface area (Å²) < 4.78 is 0. The van der Waals surface area contributed by atoms with E-state index in [9.17, 15) is 9.59 Å². The Labute approximate surface area is 112 Å². The van der Waals surface area contributed by atoms with E-state index in [-0.39, 0.29) is 18.5 Å². The van der Waals surface area contributed by atoms with Gasteiger partial charge in [-0.3, -0.25) is 9.59 Å². The maximum atomic E-state index is 11.9. The molecular weight excluding hydrogens is 244 g/mol. The van der Waals surface area contributed by atoms with E-state index in [0.29, 0.717) is 0 Å². The Kier molecular flexibility index (Phi) is 4.04. The van der Waals surface area contributed by atoms with E-state index in [4.69, 9.17) is 5.11 Å². The zero-order valence-corrected chi connectivity index (χ0v) is 10.9. The average molecular weight is 262 g/mol. The zero-order chi connectivity index (χ0) is 13.8. The lowest BCUT2D eigenvalue weighted by Crippen LogP contribution is -2.48. The quantitative estimate of drug-likeness (QED) is 0.850. The fraction of sp³-hybridized carbons (Fsp3) is 0.429. The van der Waals surface area contributed by atoms with Crippen molar-refractivity contribution in [2.24, 2.45) is 0 Å². The second-order valence-electron chi connectivity index (χ2n) is 4.71. The number of hydrogen-bond acceptors (Lipinski definition) is 3. The van der Waals surface area contributed by atoms with Gasteiger partial charge in [-0.2, -0.15) is 0 Å². The maximum absolute atomic E-state index is 11.9. The lowest BCUT2D eigenvalue weighted by molar-refractivity contribution is -0.138. The summed E-state index contributed by atoms with van der Waals surface area (Å²) in [7, 11) is 0. The molecule has 1 aromatic carbocycles. The summed E-state index contributed by atoms with van der Waals surface area (Å²) in [4.78, 5) is 24.5. The predicted octanol–water partition coefficient (Wildman–Crippen LogP) is 1.03. The number of amides is 1. The summed E-state index contributed by atoms with van der Waals surface area (Å²) in [5.74, 6) is -1.28. The van der Waals surface area contributed by atoms with Gasteiger partial charge in [-0.05, 0) is 31.4 Å². The molecule has 102 valence electrons. The van der Waals surface area contributed by atoms with Crippen molar-refractivity contribution in [2.75, 3.05) is 18.0 Å². The molecule has 1 amide bonds. The molecule has 1 unspecified atom stereocenters. The summed E-state index contributed by atoms with van der Waals surface area (Å²) in [5, 5.41) is 11.0. The number of carboxylic acids is 1. The molecule has 1 heterocycles. The van der Waals surface area contributed by atoms with Gasteiger partial charge in [0.1, 0.15) is 12.6 Å². The Morgan fingerprint density at radius 2 is 2.16 bits per heavy atom. The van der Waals surface area contributed by atoms with E-state index < -0.39 is 5.97 Å². The van der Waals surface area contributed by atoms with Crippen LogP contribution in [-0.4, -0.2) is 36.1 Å². The third-order valence-electron chi connectivity index (χ3n) is 3.41. The SMILES string of the molecule is CC(C(=O)NCC(=O)O)N1CCCc2ccccc21. The second-order valence-corrected chi connectivity index (χ2v) is 4.71. The number of rotatable bonds is 4. The molecule has 2 rings (SSSR count). The minimum Gasteiger partial charge on any atom is -0.480 e. The number of anilines is 1. The van der Waals surface area contributed by atoms with Crippen LogP contribution in [0, 0.1) is 0 Å². The van der Waals surface area contributed by atoms with Crippen LogP contribution in [0.2, 0.25) is 0 Å². The molecule has 5 nitrogen and oxygen atoms in total. The number of aliphatic carboxylic acids is 1. The van der Waals surface area contributed by atoms with E-state index in [0.717, 1.165) is 25.1 Å². The number of aryl methyl sites for hydroxylation is 1. The van der Waals surface area contributed by atoms with Crippen molar-refractivity contribution in [2.45, 2.75) is 25.8 Å². The second kappa shape index (κ2) is 5.73. The summed E-state index contributed by atoms with van der Waals surface area (Å²) >= 11 is 0. The monoisotopic (exact) mass is 262 g/mol. The molecule has 1 aromatic rings. The van der Waals surface area contributed by atoms with Crippen molar-refractivity contribution < 1.29 is 14.7 Å². The highest BCUT2D eigenvalue weighted by Gasteiger charge is 2.25. The molecule has 0 aromatic heterocycles. The van der Waals surface area contributed by atoms with Crippen LogP contribution in [0.25, 0.3) is 0 Å². The van der Waals surface area contributed by atoms with Gasteiger partial charge in [-0.1, -0.05) is 18.2 Å². The summed E-state index contributed by atoms with van der Waals surface area (Å²) in [5.41, 5.74) is 2.32. The number of para-hydroxylation sites is 1. The maximum Gasteiger partial charge on any atom is 0.322 e. The number of carboxylic acid groups (broad SMARTS) is 1. The number of benzene rings is 1. The number of nitrogens with one attached hydrogen (secondary N) is 1. The van der Waals surface area contributed by atoms with Crippen molar-refractivity contribution in [3.05, 3.63) is 29.8 Å². The molecule has 5 heteroatoms. The molecule has 19 heavy (non-hydrogen) atoms. The molecule has 1 aliphatic heterocycles. The van der Waals surface area contributed by atoms with Crippen molar-refractivity contribution in [1.82, 2.24) is 5.32 Å². The predicted molar refractivity (Wildman–Crippen MR) is 72.2 cm³/mol. The average Bonchev–Trinajstić information content (AvgIpc) is 2.43. The van der Waals surface area contributed by atoms with E-state index in [2.05, 4.69) is 11.4 Å².